The van der Waals surface area contributed by atoms with Gasteiger partial charge in [0, 0.05) is 16.1 Å². The molecular weight excluding hydrogens is 289 g/mol. The minimum Gasteiger partial charge on any atom is -0.310 e. The molecule has 3 heteroatoms. The molecule has 2 rings (SSSR count). The van der Waals surface area contributed by atoms with E-state index in [1.165, 1.54) is 11.1 Å². The highest BCUT2D eigenvalue weighted by molar-refractivity contribution is 6.31. The third kappa shape index (κ3) is 3.76. The highest BCUT2D eigenvalue weighted by atomic mass is 35.5. The van der Waals surface area contributed by atoms with Gasteiger partial charge in [-0.2, -0.15) is 0 Å². The maximum atomic E-state index is 6.27. The molecule has 0 amide bonds. The van der Waals surface area contributed by atoms with Crippen LogP contribution in [-0.4, -0.2) is 6.54 Å². The van der Waals surface area contributed by atoms with Gasteiger partial charge in [0.2, 0.25) is 0 Å². The number of hydrogen-bond donors (Lipinski definition) is 1. The van der Waals surface area contributed by atoms with Crippen molar-refractivity contribution in [1.29, 1.82) is 0 Å². The summed E-state index contributed by atoms with van der Waals surface area (Å²) in [6.07, 6.45) is 0.856. The maximum absolute atomic E-state index is 6.27. The quantitative estimate of drug-likeness (QED) is 0.801. The van der Waals surface area contributed by atoms with Gasteiger partial charge in [0.05, 0.1) is 0 Å². The van der Waals surface area contributed by atoms with Gasteiger partial charge in [-0.3, -0.25) is 0 Å². The fourth-order valence-corrected chi connectivity index (χ4v) is 2.80. The van der Waals surface area contributed by atoms with Gasteiger partial charge in [-0.15, -0.1) is 0 Å². The van der Waals surface area contributed by atoms with Crippen molar-refractivity contribution in [1.82, 2.24) is 5.32 Å². The molecule has 2 aromatic rings. The van der Waals surface area contributed by atoms with E-state index < -0.39 is 0 Å². The molecule has 1 N–H and O–H groups in total. The van der Waals surface area contributed by atoms with Crippen LogP contribution in [0.1, 0.15) is 29.7 Å². The molecule has 0 aliphatic heterocycles. The second-order valence-corrected chi connectivity index (χ2v) is 5.75. The van der Waals surface area contributed by atoms with E-state index in [2.05, 4.69) is 31.3 Å². The minimum atomic E-state index is 0.221. The minimum absolute atomic E-state index is 0.221. The van der Waals surface area contributed by atoms with Crippen molar-refractivity contribution < 1.29 is 0 Å². The van der Waals surface area contributed by atoms with Crippen LogP contribution in [0.2, 0.25) is 10.0 Å². The van der Waals surface area contributed by atoms with Gasteiger partial charge < -0.3 is 5.32 Å². The lowest BCUT2D eigenvalue weighted by atomic mass is 9.95. The molecule has 0 fully saturated rings. The first-order chi connectivity index (χ1) is 9.61. The van der Waals surface area contributed by atoms with Gasteiger partial charge in [-0.1, -0.05) is 54.4 Å². The van der Waals surface area contributed by atoms with E-state index >= 15 is 0 Å². The van der Waals surface area contributed by atoms with E-state index in [-0.39, 0.29) is 6.04 Å². The molecule has 0 radical (unpaired) electrons. The third-order valence-electron chi connectivity index (χ3n) is 3.45. The molecule has 0 bridgehead atoms. The molecule has 106 valence electrons. The van der Waals surface area contributed by atoms with E-state index in [1.807, 2.05) is 30.3 Å². The standard InChI is InChI=1S/C17H19Cl2N/c1-3-20-17(10-13-6-4-5-7-16(13)19)15-11-14(18)9-8-12(15)2/h4-9,11,17,20H,3,10H2,1-2H3. The summed E-state index contributed by atoms with van der Waals surface area (Å²) in [4.78, 5) is 0. The predicted octanol–water partition coefficient (Wildman–Crippen LogP) is 5.20. The Bertz CT molecular complexity index is 581. The van der Waals surface area contributed by atoms with Gasteiger partial charge in [0.15, 0.2) is 0 Å². The monoisotopic (exact) mass is 307 g/mol. The van der Waals surface area contributed by atoms with Crippen LogP contribution in [0.25, 0.3) is 0 Å². The largest absolute Gasteiger partial charge is 0.310 e. The number of benzene rings is 2. The molecule has 0 saturated carbocycles. The summed E-state index contributed by atoms with van der Waals surface area (Å²) in [6.45, 7) is 5.13. The second kappa shape index (κ2) is 7.12. The number of likely N-dealkylation sites (N-methyl/N-ethyl adjacent to an activating group) is 1. The molecule has 1 nitrogen and oxygen atoms in total. The molecular formula is C17H19Cl2N. The van der Waals surface area contributed by atoms with Crippen molar-refractivity contribution in [3.05, 3.63) is 69.2 Å². The van der Waals surface area contributed by atoms with Crippen molar-refractivity contribution in [2.75, 3.05) is 6.54 Å². The predicted molar refractivity (Wildman–Crippen MR) is 87.8 cm³/mol. The Morgan fingerprint density at radius 1 is 1.10 bits per heavy atom. The van der Waals surface area contributed by atoms with Crippen LogP contribution in [0.15, 0.2) is 42.5 Å². The lowest BCUT2D eigenvalue weighted by Gasteiger charge is -2.21. The summed E-state index contributed by atoms with van der Waals surface area (Å²) in [5.41, 5.74) is 3.63. The van der Waals surface area contributed by atoms with E-state index in [9.17, 15) is 0 Å². The van der Waals surface area contributed by atoms with E-state index in [0.717, 1.165) is 28.6 Å². The lowest BCUT2D eigenvalue weighted by Crippen LogP contribution is -2.23. The van der Waals surface area contributed by atoms with Gasteiger partial charge in [-0.05, 0) is 54.8 Å². The first-order valence-corrected chi connectivity index (χ1v) is 7.60. The molecule has 1 unspecified atom stereocenters. The van der Waals surface area contributed by atoms with E-state index in [0.29, 0.717) is 0 Å². The number of rotatable bonds is 5. The smallest absolute Gasteiger partial charge is 0.0438 e. The van der Waals surface area contributed by atoms with Gasteiger partial charge in [0.25, 0.3) is 0 Å². The summed E-state index contributed by atoms with van der Waals surface area (Å²) < 4.78 is 0. The first-order valence-electron chi connectivity index (χ1n) is 6.84. The Kier molecular flexibility index (Phi) is 5.47. The van der Waals surface area contributed by atoms with Crippen molar-refractivity contribution in [3.63, 3.8) is 0 Å². The average Bonchev–Trinajstić information content (AvgIpc) is 2.43. The normalized spacial score (nSPS) is 12.4. The Morgan fingerprint density at radius 3 is 2.55 bits per heavy atom. The maximum Gasteiger partial charge on any atom is 0.0438 e. The summed E-state index contributed by atoms with van der Waals surface area (Å²) >= 11 is 12.4. The van der Waals surface area contributed by atoms with Crippen LogP contribution >= 0.6 is 23.2 Å². The summed E-state index contributed by atoms with van der Waals surface area (Å²) in [7, 11) is 0. The Labute approximate surface area is 130 Å². The van der Waals surface area contributed by atoms with Crippen LogP contribution in [0.3, 0.4) is 0 Å². The van der Waals surface area contributed by atoms with Crippen LogP contribution < -0.4 is 5.32 Å². The zero-order chi connectivity index (χ0) is 14.5. The molecule has 1 atom stereocenters. The summed E-state index contributed by atoms with van der Waals surface area (Å²) in [5, 5.41) is 5.11. The Morgan fingerprint density at radius 2 is 1.85 bits per heavy atom. The molecule has 0 heterocycles. The molecule has 0 saturated heterocycles. The number of hydrogen-bond acceptors (Lipinski definition) is 1. The number of halogens is 2. The van der Waals surface area contributed by atoms with Crippen molar-refractivity contribution in [2.45, 2.75) is 26.3 Å². The molecule has 2 aromatic carbocycles. The topological polar surface area (TPSA) is 12.0 Å². The van der Waals surface area contributed by atoms with Gasteiger partial charge in [0.1, 0.15) is 0 Å². The Balaban J connectivity index is 2.32. The van der Waals surface area contributed by atoms with Crippen molar-refractivity contribution in [3.8, 4) is 0 Å². The lowest BCUT2D eigenvalue weighted by molar-refractivity contribution is 0.547. The Hall–Kier alpha value is -1.02. The molecule has 0 aliphatic rings. The number of nitrogens with one attached hydrogen (secondary N) is 1. The first kappa shape index (κ1) is 15.4. The highest BCUT2D eigenvalue weighted by Crippen LogP contribution is 2.27. The van der Waals surface area contributed by atoms with Gasteiger partial charge in [-0.25, -0.2) is 0 Å². The molecule has 0 aliphatic carbocycles. The van der Waals surface area contributed by atoms with Gasteiger partial charge >= 0.3 is 0 Å². The zero-order valence-corrected chi connectivity index (χ0v) is 13.3. The van der Waals surface area contributed by atoms with Crippen LogP contribution in [0.4, 0.5) is 0 Å². The number of aryl methyl sites for hydroxylation is 1. The molecule has 20 heavy (non-hydrogen) atoms. The third-order valence-corrected chi connectivity index (χ3v) is 4.05. The highest BCUT2D eigenvalue weighted by Gasteiger charge is 2.15. The SMILES string of the molecule is CCNC(Cc1ccccc1Cl)c1cc(Cl)ccc1C. The summed E-state index contributed by atoms with van der Waals surface area (Å²) in [5.74, 6) is 0. The summed E-state index contributed by atoms with van der Waals surface area (Å²) in [6, 6.07) is 14.2. The van der Waals surface area contributed by atoms with E-state index in [4.69, 9.17) is 23.2 Å². The van der Waals surface area contributed by atoms with Crippen LogP contribution in [0, 0.1) is 6.92 Å². The fourth-order valence-electron chi connectivity index (χ4n) is 2.41. The average molecular weight is 308 g/mol. The zero-order valence-electron chi connectivity index (χ0n) is 11.8. The van der Waals surface area contributed by atoms with Crippen molar-refractivity contribution >= 4 is 23.2 Å². The van der Waals surface area contributed by atoms with Crippen LogP contribution in [0.5, 0.6) is 0 Å². The van der Waals surface area contributed by atoms with Crippen LogP contribution in [-0.2, 0) is 6.42 Å². The second-order valence-electron chi connectivity index (χ2n) is 4.91. The van der Waals surface area contributed by atoms with E-state index in [1.54, 1.807) is 0 Å². The van der Waals surface area contributed by atoms with Crippen molar-refractivity contribution in [2.24, 2.45) is 0 Å². The molecule has 0 aromatic heterocycles. The fraction of sp³-hybridized carbons (Fsp3) is 0.294. The molecule has 0 spiro atoms.